The van der Waals surface area contributed by atoms with Crippen LogP contribution in [0.4, 0.5) is 0 Å². The molecule has 0 fully saturated rings. The monoisotopic (exact) mass is 354 g/mol. The van der Waals surface area contributed by atoms with E-state index in [1.54, 1.807) is 7.11 Å². The zero-order chi connectivity index (χ0) is 17.9. The summed E-state index contributed by atoms with van der Waals surface area (Å²) in [5.41, 5.74) is 5.17. The first-order chi connectivity index (χ1) is 12.2. The predicted octanol–water partition coefficient (Wildman–Crippen LogP) is 5.62. The zero-order valence-electron chi connectivity index (χ0n) is 16.0. The number of rotatable bonds is 8. The molecule has 0 aliphatic heterocycles. The molecule has 0 spiro atoms. The summed E-state index contributed by atoms with van der Waals surface area (Å²) in [6.45, 7) is 8.25. The Morgan fingerprint density at radius 1 is 0.760 bits per heavy atom. The maximum atomic E-state index is 6.79. The Morgan fingerprint density at radius 3 is 1.68 bits per heavy atom. The molecule has 0 radical (unpaired) electrons. The molecule has 0 unspecified atom stereocenters. The van der Waals surface area contributed by atoms with E-state index in [-0.39, 0.29) is 5.41 Å². The lowest BCUT2D eigenvalue weighted by Crippen LogP contribution is -2.44. The molecular weight excluding hydrogens is 324 g/mol. The lowest BCUT2D eigenvalue weighted by Gasteiger charge is -2.37. The topological polar surface area (TPSA) is 18.5 Å². The maximum absolute atomic E-state index is 6.79. The number of hydrogen-bond donors (Lipinski definition) is 0. The molecule has 0 atom stereocenters. The fourth-order valence-electron chi connectivity index (χ4n) is 4.35. The first-order valence-corrected chi connectivity index (χ1v) is 12.0. The quantitative estimate of drug-likeness (QED) is 0.573. The number of ether oxygens (including phenoxy) is 1. The standard InChI is InChI=1S/C22H30O2Si/c1-5-25(6-2,7-3)24-17-22(16-23-4)20-14-10-8-12-18(20)19-13-9-11-15-21(19)22/h8-15H,5-7,16-17H2,1-4H3. The third kappa shape index (κ3) is 2.99. The van der Waals surface area contributed by atoms with Gasteiger partial charge in [0.1, 0.15) is 0 Å². The van der Waals surface area contributed by atoms with Crippen LogP contribution in [0.5, 0.6) is 0 Å². The SMILES string of the molecule is CC[Si](CC)(CC)OCC1(COC)c2ccccc2-c2ccccc21. The van der Waals surface area contributed by atoms with E-state index in [4.69, 9.17) is 9.16 Å². The number of benzene rings is 2. The molecule has 0 N–H and O–H groups in total. The minimum Gasteiger partial charge on any atom is -0.415 e. The Balaban J connectivity index is 2.08. The van der Waals surface area contributed by atoms with Crippen LogP contribution in [0.15, 0.2) is 48.5 Å². The van der Waals surface area contributed by atoms with Gasteiger partial charge in [0, 0.05) is 13.7 Å². The lowest BCUT2D eigenvalue weighted by molar-refractivity contribution is 0.111. The Kier molecular flexibility index (Phi) is 5.47. The van der Waals surface area contributed by atoms with Crippen molar-refractivity contribution in [1.29, 1.82) is 0 Å². The van der Waals surface area contributed by atoms with E-state index >= 15 is 0 Å². The van der Waals surface area contributed by atoms with Gasteiger partial charge in [-0.3, -0.25) is 0 Å². The van der Waals surface area contributed by atoms with E-state index < -0.39 is 8.32 Å². The van der Waals surface area contributed by atoms with Gasteiger partial charge in [0.25, 0.3) is 0 Å². The van der Waals surface area contributed by atoms with Crippen molar-refractivity contribution in [1.82, 2.24) is 0 Å². The average molecular weight is 355 g/mol. The van der Waals surface area contributed by atoms with E-state index in [1.807, 2.05) is 0 Å². The van der Waals surface area contributed by atoms with Crippen molar-refractivity contribution in [2.45, 2.75) is 44.3 Å². The fourth-order valence-corrected chi connectivity index (χ4v) is 7.01. The second-order valence-electron chi connectivity index (χ2n) is 7.14. The van der Waals surface area contributed by atoms with Crippen LogP contribution < -0.4 is 0 Å². The molecule has 134 valence electrons. The molecule has 2 nitrogen and oxygen atoms in total. The van der Waals surface area contributed by atoms with Crippen molar-refractivity contribution in [2.24, 2.45) is 0 Å². The predicted molar refractivity (Wildman–Crippen MR) is 108 cm³/mol. The lowest BCUT2D eigenvalue weighted by atomic mass is 9.80. The van der Waals surface area contributed by atoms with Gasteiger partial charge in [-0.1, -0.05) is 69.3 Å². The third-order valence-electron chi connectivity index (χ3n) is 6.12. The van der Waals surface area contributed by atoms with E-state index in [0.717, 1.165) is 6.61 Å². The summed E-state index contributed by atoms with van der Waals surface area (Å²) in [6.07, 6.45) is 0. The molecule has 3 rings (SSSR count). The van der Waals surface area contributed by atoms with Gasteiger partial charge in [-0.2, -0.15) is 0 Å². The maximum Gasteiger partial charge on any atom is 0.192 e. The molecule has 2 aromatic carbocycles. The summed E-state index contributed by atoms with van der Waals surface area (Å²) in [5, 5.41) is 0. The summed E-state index contributed by atoms with van der Waals surface area (Å²) < 4.78 is 12.5. The van der Waals surface area contributed by atoms with Crippen LogP contribution in [0, 0.1) is 0 Å². The first kappa shape index (κ1) is 18.4. The molecule has 0 heterocycles. The van der Waals surface area contributed by atoms with Gasteiger partial charge in [-0.05, 0) is 40.4 Å². The van der Waals surface area contributed by atoms with Crippen LogP contribution in [0.2, 0.25) is 18.1 Å². The number of methoxy groups -OCH3 is 1. The van der Waals surface area contributed by atoms with Crippen molar-refractivity contribution in [2.75, 3.05) is 20.3 Å². The van der Waals surface area contributed by atoms with Crippen molar-refractivity contribution < 1.29 is 9.16 Å². The Hall–Kier alpha value is -1.42. The van der Waals surface area contributed by atoms with Crippen molar-refractivity contribution in [3.05, 3.63) is 59.7 Å². The van der Waals surface area contributed by atoms with Gasteiger partial charge < -0.3 is 9.16 Å². The molecule has 0 bridgehead atoms. The molecule has 1 aliphatic rings. The number of fused-ring (bicyclic) bond motifs is 3. The highest BCUT2D eigenvalue weighted by atomic mass is 28.4. The Labute approximate surface area is 153 Å². The van der Waals surface area contributed by atoms with Crippen molar-refractivity contribution in [3.63, 3.8) is 0 Å². The van der Waals surface area contributed by atoms with Crippen LogP contribution in [0.3, 0.4) is 0 Å². The van der Waals surface area contributed by atoms with Gasteiger partial charge in [0.2, 0.25) is 0 Å². The molecule has 25 heavy (non-hydrogen) atoms. The summed E-state index contributed by atoms with van der Waals surface area (Å²) in [5.74, 6) is 0. The largest absolute Gasteiger partial charge is 0.415 e. The minimum atomic E-state index is -1.66. The molecular formula is C22H30O2Si. The van der Waals surface area contributed by atoms with Crippen LogP contribution in [-0.2, 0) is 14.6 Å². The summed E-state index contributed by atoms with van der Waals surface area (Å²) in [6, 6.07) is 21.0. The van der Waals surface area contributed by atoms with Crippen LogP contribution in [0.25, 0.3) is 11.1 Å². The highest BCUT2D eigenvalue weighted by Gasteiger charge is 2.45. The fraction of sp³-hybridized carbons (Fsp3) is 0.455. The molecule has 0 amide bonds. The van der Waals surface area contributed by atoms with Crippen molar-refractivity contribution >= 4 is 8.32 Å². The second-order valence-corrected chi connectivity index (χ2v) is 11.9. The van der Waals surface area contributed by atoms with Gasteiger partial charge in [0.05, 0.1) is 12.0 Å². The average Bonchev–Trinajstić information content (AvgIpc) is 2.95. The smallest absolute Gasteiger partial charge is 0.192 e. The van der Waals surface area contributed by atoms with Crippen LogP contribution >= 0.6 is 0 Å². The van der Waals surface area contributed by atoms with Gasteiger partial charge in [-0.25, -0.2) is 0 Å². The minimum absolute atomic E-state index is 0.195. The third-order valence-corrected chi connectivity index (χ3v) is 10.7. The summed E-state index contributed by atoms with van der Waals surface area (Å²) >= 11 is 0. The van der Waals surface area contributed by atoms with Gasteiger partial charge >= 0.3 is 0 Å². The van der Waals surface area contributed by atoms with E-state index in [2.05, 4.69) is 69.3 Å². The molecule has 2 aromatic rings. The molecule has 1 aliphatic carbocycles. The van der Waals surface area contributed by atoms with Crippen LogP contribution in [0.1, 0.15) is 31.9 Å². The van der Waals surface area contributed by atoms with Gasteiger partial charge in [-0.15, -0.1) is 0 Å². The second kappa shape index (κ2) is 7.44. The summed E-state index contributed by atoms with van der Waals surface area (Å²) in [7, 11) is 0.142. The van der Waals surface area contributed by atoms with Crippen LogP contribution in [-0.4, -0.2) is 28.6 Å². The zero-order valence-corrected chi connectivity index (χ0v) is 17.0. The summed E-state index contributed by atoms with van der Waals surface area (Å²) in [4.78, 5) is 0. The molecule has 0 saturated carbocycles. The normalized spacial score (nSPS) is 15.0. The Bertz CT molecular complexity index is 668. The van der Waals surface area contributed by atoms with Gasteiger partial charge in [0.15, 0.2) is 8.32 Å². The van der Waals surface area contributed by atoms with Crippen molar-refractivity contribution in [3.8, 4) is 11.1 Å². The van der Waals surface area contributed by atoms with E-state index in [0.29, 0.717) is 6.61 Å². The highest BCUT2D eigenvalue weighted by Crippen LogP contribution is 2.49. The first-order valence-electron chi connectivity index (χ1n) is 9.48. The Morgan fingerprint density at radius 2 is 1.24 bits per heavy atom. The van der Waals surface area contributed by atoms with E-state index in [1.165, 1.54) is 40.4 Å². The molecule has 3 heteroatoms. The number of hydrogen-bond acceptors (Lipinski definition) is 2. The highest BCUT2D eigenvalue weighted by molar-refractivity contribution is 6.73. The van der Waals surface area contributed by atoms with E-state index in [9.17, 15) is 0 Å². The molecule has 0 aromatic heterocycles. The molecule has 0 saturated heterocycles.